The molecule has 1 unspecified atom stereocenters. The van der Waals surface area contributed by atoms with Gasteiger partial charge in [0.15, 0.2) is 0 Å². The highest BCUT2D eigenvalue weighted by Crippen LogP contribution is 2.12. The van der Waals surface area contributed by atoms with E-state index in [9.17, 15) is 4.79 Å². The Balaban J connectivity index is 0.00000312. The molecule has 7 heteroatoms. The maximum Gasteiger partial charge on any atom is 0.237 e. The van der Waals surface area contributed by atoms with Crippen molar-refractivity contribution in [2.24, 2.45) is 11.7 Å². The minimum atomic E-state index is -0.428. The maximum atomic E-state index is 12.0. The largest absolute Gasteiger partial charge is 0.376 e. The van der Waals surface area contributed by atoms with E-state index in [1.807, 2.05) is 6.07 Å². The number of carbonyl (C=O) groups is 1. The van der Waals surface area contributed by atoms with Crippen molar-refractivity contribution in [1.82, 2.24) is 10.2 Å². The lowest BCUT2D eigenvalue weighted by Gasteiger charge is -2.31. The third-order valence-electron chi connectivity index (χ3n) is 4.25. The minimum Gasteiger partial charge on any atom is -0.376 e. The Labute approximate surface area is 169 Å². The summed E-state index contributed by atoms with van der Waals surface area (Å²) in [7, 11) is 0. The molecule has 2 rings (SSSR count). The van der Waals surface area contributed by atoms with Crippen LogP contribution in [0.4, 0.5) is 0 Å². The van der Waals surface area contributed by atoms with Gasteiger partial charge in [0, 0.05) is 26.2 Å². The van der Waals surface area contributed by atoms with E-state index in [1.54, 1.807) is 0 Å². The predicted octanol–water partition coefficient (Wildman–Crippen LogP) is 2.74. The topological polar surface area (TPSA) is 67.6 Å². The second-order valence-corrected chi connectivity index (χ2v) is 7.19. The van der Waals surface area contributed by atoms with E-state index in [0.717, 1.165) is 31.8 Å². The van der Waals surface area contributed by atoms with Gasteiger partial charge in [-0.15, -0.1) is 24.8 Å². The molecule has 1 heterocycles. The highest BCUT2D eigenvalue weighted by Gasteiger charge is 2.17. The fourth-order valence-corrected chi connectivity index (χ4v) is 3.07. The molecule has 1 aromatic rings. The van der Waals surface area contributed by atoms with Crippen molar-refractivity contribution in [3.05, 3.63) is 35.4 Å². The van der Waals surface area contributed by atoms with Crippen molar-refractivity contribution in [1.29, 1.82) is 0 Å². The second kappa shape index (κ2) is 12.5. The van der Waals surface area contributed by atoms with Gasteiger partial charge in [0.25, 0.3) is 0 Å². The summed E-state index contributed by atoms with van der Waals surface area (Å²) < 4.78 is 5.58. The van der Waals surface area contributed by atoms with Crippen LogP contribution in [0.3, 0.4) is 0 Å². The zero-order valence-corrected chi connectivity index (χ0v) is 17.6. The molecule has 1 aliphatic heterocycles. The molecule has 5 nitrogen and oxygen atoms in total. The van der Waals surface area contributed by atoms with Crippen molar-refractivity contribution in [2.75, 3.05) is 19.7 Å². The van der Waals surface area contributed by atoms with Gasteiger partial charge in [-0.05, 0) is 30.4 Å². The summed E-state index contributed by atoms with van der Waals surface area (Å²) in [6.07, 6.45) is 1.00. The number of nitrogens with two attached hydrogens (primary N) is 1. The molecule has 150 valence electrons. The van der Waals surface area contributed by atoms with Gasteiger partial charge in [-0.2, -0.15) is 0 Å². The van der Waals surface area contributed by atoms with Crippen molar-refractivity contribution < 1.29 is 9.53 Å². The number of benzene rings is 1. The van der Waals surface area contributed by atoms with E-state index in [2.05, 4.69) is 49.2 Å². The SMILES string of the molecule is CC(C)C[C@H](N)C(=O)NCc1cccc(CN2CCOC(C)C2)c1.Cl.Cl. The Morgan fingerprint density at radius 3 is 2.69 bits per heavy atom. The fraction of sp³-hybridized carbons (Fsp3) is 0.632. The molecule has 26 heavy (non-hydrogen) atoms. The van der Waals surface area contributed by atoms with Crippen molar-refractivity contribution in [3.63, 3.8) is 0 Å². The molecule has 0 radical (unpaired) electrons. The quantitative estimate of drug-likeness (QED) is 0.731. The average Bonchev–Trinajstić information content (AvgIpc) is 2.52. The van der Waals surface area contributed by atoms with Crippen LogP contribution in [0.5, 0.6) is 0 Å². The monoisotopic (exact) mass is 405 g/mol. The van der Waals surface area contributed by atoms with Gasteiger partial charge < -0.3 is 15.8 Å². The van der Waals surface area contributed by atoms with Gasteiger partial charge >= 0.3 is 0 Å². The van der Waals surface area contributed by atoms with E-state index >= 15 is 0 Å². The van der Waals surface area contributed by atoms with Gasteiger partial charge in [-0.1, -0.05) is 38.1 Å². The molecule has 0 bridgehead atoms. The molecule has 0 aromatic heterocycles. The van der Waals surface area contributed by atoms with Gasteiger partial charge in [-0.3, -0.25) is 9.69 Å². The first-order chi connectivity index (χ1) is 11.4. The van der Waals surface area contributed by atoms with Crippen LogP contribution in [0.2, 0.25) is 0 Å². The van der Waals surface area contributed by atoms with Crippen LogP contribution in [0.1, 0.15) is 38.3 Å². The zero-order valence-electron chi connectivity index (χ0n) is 15.9. The van der Waals surface area contributed by atoms with E-state index in [0.29, 0.717) is 25.0 Å². The molecule has 0 saturated carbocycles. The summed E-state index contributed by atoms with van der Waals surface area (Å²) in [5.41, 5.74) is 8.29. The van der Waals surface area contributed by atoms with Gasteiger partial charge in [0.05, 0.1) is 18.8 Å². The molecule has 0 spiro atoms. The normalized spacial score (nSPS) is 18.6. The Bertz CT molecular complexity index is 543. The minimum absolute atomic E-state index is 0. The Morgan fingerprint density at radius 2 is 2.04 bits per heavy atom. The maximum absolute atomic E-state index is 12.0. The molecule has 1 fully saturated rings. The number of rotatable bonds is 7. The summed E-state index contributed by atoms with van der Waals surface area (Å²) in [5, 5.41) is 2.94. The summed E-state index contributed by atoms with van der Waals surface area (Å²) in [6.45, 7) is 10.4. The highest BCUT2D eigenvalue weighted by molar-refractivity contribution is 5.85. The average molecular weight is 406 g/mol. The lowest BCUT2D eigenvalue weighted by atomic mass is 10.0. The van der Waals surface area contributed by atoms with Crippen LogP contribution in [-0.4, -0.2) is 42.6 Å². The molecule has 3 N–H and O–H groups in total. The summed E-state index contributed by atoms with van der Waals surface area (Å²) in [4.78, 5) is 14.4. The number of hydrogen-bond donors (Lipinski definition) is 2. The van der Waals surface area contributed by atoms with Gasteiger partial charge in [-0.25, -0.2) is 0 Å². The van der Waals surface area contributed by atoms with E-state index in [4.69, 9.17) is 10.5 Å². The summed E-state index contributed by atoms with van der Waals surface area (Å²) in [5.74, 6) is 0.348. The Kier molecular flexibility index (Phi) is 12.1. The lowest BCUT2D eigenvalue weighted by Crippen LogP contribution is -2.41. The van der Waals surface area contributed by atoms with Gasteiger partial charge in [0.1, 0.15) is 0 Å². The van der Waals surface area contributed by atoms with Crippen LogP contribution < -0.4 is 11.1 Å². The van der Waals surface area contributed by atoms with Crippen molar-refractivity contribution in [3.8, 4) is 0 Å². The van der Waals surface area contributed by atoms with Crippen LogP contribution in [0.15, 0.2) is 24.3 Å². The van der Waals surface area contributed by atoms with Crippen molar-refractivity contribution in [2.45, 2.75) is 52.4 Å². The third-order valence-corrected chi connectivity index (χ3v) is 4.25. The molecule has 2 atom stereocenters. The first kappa shape index (κ1) is 25.1. The zero-order chi connectivity index (χ0) is 17.5. The van der Waals surface area contributed by atoms with E-state index < -0.39 is 6.04 Å². The van der Waals surface area contributed by atoms with Gasteiger partial charge in [0.2, 0.25) is 5.91 Å². The number of nitrogens with one attached hydrogen (secondary N) is 1. The van der Waals surface area contributed by atoms with Crippen LogP contribution >= 0.6 is 24.8 Å². The molecular weight excluding hydrogens is 373 g/mol. The molecule has 1 aromatic carbocycles. The first-order valence-electron chi connectivity index (χ1n) is 8.89. The van der Waals surface area contributed by atoms with Crippen LogP contribution in [0, 0.1) is 5.92 Å². The van der Waals surface area contributed by atoms with Crippen molar-refractivity contribution >= 4 is 30.7 Å². The first-order valence-corrected chi connectivity index (χ1v) is 8.89. The van der Waals surface area contributed by atoms with E-state index in [-0.39, 0.29) is 30.7 Å². The number of hydrogen-bond acceptors (Lipinski definition) is 4. The molecule has 1 saturated heterocycles. The number of morpholine rings is 1. The number of halogens is 2. The standard InChI is InChI=1S/C19H31N3O2.2ClH/c1-14(2)9-18(20)19(23)21-11-16-5-4-6-17(10-16)13-22-7-8-24-15(3)12-22;;/h4-6,10,14-15,18H,7-9,11-13,20H2,1-3H3,(H,21,23);2*1H/t15?,18-;;/m0../s1. The smallest absolute Gasteiger partial charge is 0.237 e. The lowest BCUT2D eigenvalue weighted by molar-refractivity contribution is -0.122. The number of ether oxygens (including phenoxy) is 1. The molecule has 0 aliphatic carbocycles. The fourth-order valence-electron chi connectivity index (χ4n) is 3.07. The molecule has 1 aliphatic rings. The van der Waals surface area contributed by atoms with E-state index in [1.165, 1.54) is 5.56 Å². The number of amides is 1. The summed E-state index contributed by atoms with van der Waals surface area (Å²) >= 11 is 0. The predicted molar refractivity (Wildman–Crippen MR) is 111 cm³/mol. The molecule has 1 amide bonds. The number of nitrogens with zero attached hydrogens (tertiary/aromatic N) is 1. The molecular formula is C19H33Cl2N3O2. The Morgan fingerprint density at radius 1 is 1.35 bits per heavy atom. The third kappa shape index (κ3) is 8.69. The Hall–Kier alpha value is -0.850. The second-order valence-electron chi connectivity index (χ2n) is 7.19. The highest BCUT2D eigenvalue weighted by atomic mass is 35.5. The summed E-state index contributed by atoms with van der Waals surface area (Å²) in [6, 6.07) is 7.96. The van der Waals surface area contributed by atoms with Crippen LogP contribution in [-0.2, 0) is 22.6 Å². The number of carbonyl (C=O) groups excluding carboxylic acids is 1. The van der Waals surface area contributed by atoms with Crippen LogP contribution in [0.25, 0.3) is 0 Å².